The Labute approximate surface area is 153 Å². The number of anilines is 1. The van der Waals surface area contributed by atoms with E-state index in [0.29, 0.717) is 17.8 Å². The average molecular weight is 353 g/mol. The highest BCUT2D eigenvalue weighted by molar-refractivity contribution is 6.05. The Morgan fingerprint density at radius 1 is 0.962 bits per heavy atom. The molecular weight excluding hydrogens is 330 g/mol. The molecule has 0 heterocycles. The Balaban J connectivity index is 1.97. The first kappa shape index (κ1) is 19.2. The molecule has 0 saturated heterocycles. The molecular formula is C20H23N3O3. The van der Waals surface area contributed by atoms with Crippen molar-refractivity contribution in [1.82, 2.24) is 10.6 Å². The molecule has 0 saturated carbocycles. The van der Waals surface area contributed by atoms with Crippen molar-refractivity contribution in [3.8, 4) is 0 Å². The summed E-state index contributed by atoms with van der Waals surface area (Å²) in [5.74, 6) is -0.937. The Morgan fingerprint density at radius 2 is 1.62 bits per heavy atom. The molecule has 0 fully saturated rings. The zero-order valence-corrected chi connectivity index (χ0v) is 14.9. The van der Waals surface area contributed by atoms with Gasteiger partial charge in [0.1, 0.15) is 6.04 Å². The number of carbonyl (C=O) groups is 3. The van der Waals surface area contributed by atoms with Gasteiger partial charge in [0, 0.05) is 13.5 Å². The van der Waals surface area contributed by atoms with Crippen LogP contribution in [0.25, 0.3) is 0 Å². The summed E-state index contributed by atoms with van der Waals surface area (Å²) in [6.07, 6.45) is 0.723. The molecule has 2 aromatic carbocycles. The van der Waals surface area contributed by atoms with Crippen LogP contribution in [0.2, 0.25) is 0 Å². The van der Waals surface area contributed by atoms with Crippen LogP contribution in [0.3, 0.4) is 0 Å². The second-order valence-corrected chi connectivity index (χ2v) is 5.95. The lowest BCUT2D eigenvalue weighted by atomic mass is 10.1. The largest absolute Gasteiger partial charge is 0.352 e. The van der Waals surface area contributed by atoms with Gasteiger partial charge in [-0.1, -0.05) is 42.5 Å². The smallest absolute Gasteiger partial charge is 0.253 e. The Bertz CT molecular complexity index is 775. The van der Waals surface area contributed by atoms with E-state index < -0.39 is 6.04 Å². The minimum atomic E-state index is -0.693. The van der Waals surface area contributed by atoms with Gasteiger partial charge in [-0.05, 0) is 31.0 Å². The highest BCUT2D eigenvalue weighted by Crippen LogP contribution is 2.15. The van der Waals surface area contributed by atoms with Crippen molar-refractivity contribution < 1.29 is 14.4 Å². The summed E-state index contributed by atoms with van der Waals surface area (Å²) in [4.78, 5) is 35.7. The molecule has 2 rings (SSSR count). The average Bonchev–Trinajstić information content (AvgIpc) is 2.62. The standard InChI is InChI=1S/C20H23N3O3/c1-14(22-15(2)24)19(25)23-18-11-7-6-10-17(18)20(26)21-13-12-16-8-4-3-5-9-16/h3-11,14H,12-13H2,1-2H3,(H,21,26)(H,22,24)(H,23,25). The maximum atomic E-state index is 12.5. The van der Waals surface area contributed by atoms with Crippen LogP contribution in [-0.2, 0) is 16.0 Å². The van der Waals surface area contributed by atoms with E-state index in [9.17, 15) is 14.4 Å². The highest BCUT2D eigenvalue weighted by Gasteiger charge is 2.17. The van der Waals surface area contributed by atoms with Crippen molar-refractivity contribution in [3.63, 3.8) is 0 Å². The molecule has 0 aliphatic rings. The number of rotatable bonds is 7. The first-order valence-electron chi connectivity index (χ1n) is 8.46. The van der Waals surface area contributed by atoms with E-state index in [1.54, 1.807) is 31.2 Å². The fourth-order valence-electron chi connectivity index (χ4n) is 2.46. The molecule has 136 valence electrons. The van der Waals surface area contributed by atoms with Crippen LogP contribution < -0.4 is 16.0 Å². The van der Waals surface area contributed by atoms with Gasteiger partial charge in [-0.15, -0.1) is 0 Å². The summed E-state index contributed by atoms with van der Waals surface area (Å²) in [5.41, 5.74) is 1.93. The van der Waals surface area contributed by atoms with E-state index in [0.717, 1.165) is 12.0 Å². The highest BCUT2D eigenvalue weighted by atomic mass is 16.2. The lowest BCUT2D eigenvalue weighted by Gasteiger charge is -2.15. The third-order valence-corrected chi connectivity index (χ3v) is 3.78. The van der Waals surface area contributed by atoms with E-state index >= 15 is 0 Å². The van der Waals surface area contributed by atoms with Crippen molar-refractivity contribution in [2.75, 3.05) is 11.9 Å². The van der Waals surface area contributed by atoms with Crippen LogP contribution >= 0.6 is 0 Å². The predicted molar refractivity (Wildman–Crippen MR) is 101 cm³/mol. The van der Waals surface area contributed by atoms with Crippen LogP contribution in [0.1, 0.15) is 29.8 Å². The molecule has 26 heavy (non-hydrogen) atoms. The van der Waals surface area contributed by atoms with Gasteiger partial charge >= 0.3 is 0 Å². The number of nitrogens with one attached hydrogen (secondary N) is 3. The third kappa shape index (κ3) is 5.73. The summed E-state index contributed by atoms with van der Waals surface area (Å²) in [6.45, 7) is 3.42. The molecule has 0 bridgehead atoms. The summed E-state index contributed by atoms with van der Waals surface area (Å²) >= 11 is 0. The fourth-order valence-corrected chi connectivity index (χ4v) is 2.46. The summed E-state index contributed by atoms with van der Waals surface area (Å²) in [6, 6.07) is 16.0. The van der Waals surface area contributed by atoms with Crippen LogP contribution in [0, 0.1) is 0 Å². The molecule has 0 aromatic heterocycles. The van der Waals surface area contributed by atoms with E-state index in [4.69, 9.17) is 0 Å². The molecule has 6 nitrogen and oxygen atoms in total. The molecule has 3 N–H and O–H groups in total. The van der Waals surface area contributed by atoms with Gasteiger partial charge in [-0.2, -0.15) is 0 Å². The third-order valence-electron chi connectivity index (χ3n) is 3.78. The first-order valence-corrected chi connectivity index (χ1v) is 8.46. The van der Waals surface area contributed by atoms with E-state index in [1.807, 2.05) is 30.3 Å². The molecule has 0 spiro atoms. The number of carbonyl (C=O) groups excluding carboxylic acids is 3. The molecule has 3 amide bonds. The molecule has 1 atom stereocenters. The quantitative estimate of drug-likeness (QED) is 0.712. The SMILES string of the molecule is CC(=O)NC(C)C(=O)Nc1ccccc1C(=O)NCCc1ccccc1. The molecule has 6 heteroatoms. The van der Waals surface area contributed by atoms with Crippen LogP contribution in [0.15, 0.2) is 54.6 Å². The Kier molecular flexibility index (Phi) is 6.91. The normalized spacial score (nSPS) is 11.3. The molecule has 1 unspecified atom stereocenters. The summed E-state index contributed by atoms with van der Waals surface area (Å²) in [5, 5.41) is 8.07. The molecule has 0 aliphatic carbocycles. The first-order chi connectivity index (χ1) is 12.5. The van der Waals surface area contributed by atoms with Crippen molar-refractivity contribution in [1.29, 1.82) is 0 Å². The maximum absolute atomic E-state index is 12.5. The molecule has 2 aromatic rings. The van der Waals surface area contributed by atoms with Gasteiger partial charge in [0.15, 0.2) is 0 Å². The van der Waals surface area contributed by atoms with E-state index in [1.165, 1.54) is 6.92 Å². The van der Waals surface area contributed by atoms with Gasteiger partial charge in [0.2, 0.25) is 11.8 Å². The van der Waals surface area contributed by atoms with E-state index in [2.05, 4.69) is 16.0 Å². The summed E-state index contributed by atoms with van der Waals surface area (Å²) < 4.78 is 0. The number of para-hydroxylation sites is 1. The molecule has 0 radical (unpaired) electrons. The van der Waals surface area contributed by atoms with Crippen LogP contribution in [0.5, 0.6) is 0 Å². The zero-order chi connectivity index (χ0) is 18.9. The van der Waals surface area contributed by atoms with Crippen molar-refractivity contribution in [2.45, 2.75) is 26.3 Å². The molecule has 0 aliphatic heterocycles. The maximum Gasteiger partial charge on any atom is 0.253 e. The number of benzene rings is 2. The fraction of sp³-hybridized carbons (Fsp3) is 0.250. The second-order valence-electron chi connectivity index (χ2n) is 5.95. The number of amides is 3. The zero-order valence-electron chi connectivity index (χ0n) is 14.9. The monoisotopic (exact) mass is 353 g/mol. The van der Waals surface area contributed by atoms with Gasteiger partial charge in [0.05, 0.1) is 11.3 Å². The van der Waals surface area contributed by atoms with Crippen LogP contribution in [-0.4, -0.2) is 30.3 Å². The minimum Gasteiger partial charge on any atom is -0.352 e. The number of hydrogen-bond donors (Lipinski definition) is 3. The Hall–Kier alpha value is -3.15. The minimum absolute atomic E-state index is 0.260. The Morgan fingerprint density at radius 3 is 2.31 bits per heavy atom. The van der Waals surface area contributed by atoms with Gasteiger partial charge in [0.25, 0.3) is 5.91 Å². The van der Waals surface area contributed by atoms with E-state index in [-0.39, 0.29) is 17.7 Å². The second kappa shape index (κ2) is 9.36. The van der Waals surface area contributed by atoms with Gasteiger partial charge < -0.3 is 16.0 Å². The van der Waals surface area contributed by atoms with Gasteiger partial charge in [-0.25, -0.2) is 0 Å². The van der Waals surface area contributed by atoms with Gasteiger partial charge in [-0.3, -0.25) is 14.4 Å². The van der Waals surface area contributed by atoms with Crippen LogP contribution in [0.4, 0.5) is 5.69 Å². The number of hydrogen-bond acceptors (Lipinski definition) is 3. The summed E-state index contributed by atoms with van der Waals surface area (Å²) in [7, 11) is 0. The van der Waals surface area contributed by atoms with Crippen molar-refractivity contribution >= 4 is 23.4 Å². The lowest BCUT2D eigenvalue weighted by Crippen LogP contribution is -2.40. The topological polar surface area (TPSA) is 87.3 Å². The predicted octanol–water partition coefficient (Wildman–Crippen LogP) is 2.12. The van der Waals surface area contributed by atoms with Crippen molar-refractivity contribution in [2.24, 2.45) is 0 Å². The lowest BCUT2D eigenvalue weighted by molar-refractivity contribution is -0.124. The van der Waals surface area contributed by atoms with Crippen molar-refractivity contribution in [3.05, 3.63) is 65.7 Å².